The quantitative estimate of drug-likeness (QED) is 0.610. The van der Waals surface area contributed by atoms with Gasteiger partial charge in [0.05, 0.1) is 12.7 Å². The fraction of sp³-hybridized carbons (Fsp3) is 0.111. The lowest BCUT2D eigenvalue weighted by Gasteiger charge is -1.97. The van der Waals surface area contributed by atoms with Crippen molar-refractivity contribution in [2.24, 2.45) is 0 Å². The van der Waals surface area contributed by atoms with E-state index in [1.807, 2.05) is 30.3 Å². The summed E-state index contributed by atoms with van der Waals surface area (Å²) in [4.78, 5) is 0. The molecule has 0 atom stereocenters. The molecule has 1 aromatic carbocycles. The minimum atomic E-state index is 0.467. The molecule has 0 aliphatic heterocycles. The van der Waals surface area contributed by atoms with E-state index in [9.17, 15) is 0 Å². The predicted octanol–water partition coefficient (Wildman–Crippen LogP) is 1.89. The van der Waals surface area contributed by atoms with Crippen LogP contribution in [-0.2, 0) is 11.3 Å². The summed E-state index contributed by atoms with van der Waals surface area (Å²) in [7, 11) is 0. The van der Waals surface area contributed by atoms with Gasteiger partial charge in [0, 0.05) is 0 Å². The molecule has 1 rings (SSSR count). The van der Waals surface area contributed by atoms with Crippen LogP contribution in [0, 0.1) is 17.9 Å². The number of hydrogen-bond acceptors (Lipinski definition) is 2. The zero-order valence-electron chi connectivity index (χ0n) is 6.03. The van der Waals surface area contributed by atoms with Crippen molar-refractivity contribution in [1.82, 2.24) is 0 Å². The molecule has 11 heavy (non-hydrogen) atoms. The van der Waals surface area contributed by atoms with Crippen molar-refractivity contribution in [2.45, 2.75) is 6.61 Å². The number of hydrogen-bond donors (Lipinski definition) is 0. The molecule has 0 heterocycles. The van der Waals surface area contributed by atoms with E-state index in [0.29, 0.717) is 6.61 Å². The van der Waals surface area contributed by atoms with Crippen molar-refractivity contribution in [3.05, 3.63) is 42.5 Å². The lowest BCUT2D eigenvalue weighted by molar-refractivity contribution is 0.204. The third-order valence-corrected chi connectivity index (χ3v) is 1.23. The molecule has 0 unspecified atom stereocenters. The summed E-state index contributed by atoms with van der Waals surface area (Å²) in [5.41, 5.74) is 1.07. The van der Waals surface area contributed by atoms with Crippen LogP contribution < -0.4 is 0 Å². The Morgan fingerprint density at radius 3 is 2.73 bits per heavy atom. The number of rotatable bonds is 3. The Morgan fingerprint density at radius 2 is 2.09 bits per heavy atom. The standard InChI is InChI=1S/C9H8NO/c10-6-7-11-8-9-4-2-1-3-5-9/h1-5,7H,8H2. The SMILES string of the molecule is N#C[CH]OCc1ccccc1. The molecule has 0 aromatic heterocycles. The molecule has 0 saturated heterocycles. The van der Waals surface area contributed by atoms with Crippen molar-refractivity contribution in [3.63, 3.8) is 0 Å². The Hall–Kier alpha value is -1.33. The smallest absolute Gasteiger partial charge is 0.183 e. The molecule has 0 aliphatic carbocycles. The van der Waals surface area contributed by atoms with E-state index in [-0.39, 0.29) is 0 Å². The zero-order chi connectivity index (χ0) is 7.94. The first kappa shape index (κ1) is 7.77. The average molecular weight is 146 g/mol. The second-order valence-corrected chi connectivity index (χ2v) is 2.04. The first-order chi connectivity index (χ1) is 5.43. The molecule has 0 saturated carbocycles. The van der Waals surface area contributed by atoms with Gasteiger partial charge in [-0.1, -0.05) is 30.3 Å². The van der Waals surface area contributed by atoms with Gasteiger partial charge in [-0.3, -0.25) is 0 Å². The highest BCUT2D eigenvalue weighted by atomic mass is 16.5. The molecular weight excluding hydrogens is 138 g/mol. The molecule has 1 aromatic rings. The first-order valence-corrected chi connectivity index (χ1v) is 3.30. The molecule has 0 aliphatic rings. The van der Waals surface area contributed by atoms with Gasteiger partial charge >= 0.3 is 0 Å². The normalized spacial score (nSPS) is 9.00. The van der Waals surface area contributed by atoms with E-state index in [0.717, 1.165) is 12.2 Å². The number of nitrogens with zero attached hydrogens (tertiary/aromatic N) is 1. The number of benzene rings is 1. The molecule has 0 bridgehead atoms. The van der Waals surface area contributed by atoms with Gasteiger partial charge in [-0.2, -0.15) is 5.26 Å². The third kappa shape index (κ3) is 2.83. The summed E-state index contributed by atoms with van der Waals surface area (Å²) < 4.78 is 4.88. The molecule has 0 spiro atoms. The van der Waals surface area contributed by atoms with Crippen molar-refractivity contribution in [3.8, 4) is 6.07 Å². The topological polar surface area (TPSA) is 33.0 Å². The van der Waals surface area contributed by atoms with Crippen molar-refractivity contribution < 1.29 is 4.74 Å². The summed E-state index contributed by atoms with van der Waals surface area (Å²) in [6, 6.07) is 11.5. The molecule has 2 nitrogen and oxygen atoms in total. The largest absolute Gasteiger partial charge is 0.355 e. The lowest BCUT2D eigenvalue weighted by Crippen LogP contribution is -1.87. The van der Waals surface area contributed by atoms with E-state index in [2.05, 4.69) is 0 Å². The van der Waals surface area contributed by atoms with Gasteiger partial charge in [-0.15, -0.1) is 0 Å². The lowest BCUT2D eigenvalue weighted by atomic mass is 10.2. The fourth-order valence-electron chi connectivity index (χ4n) is 0.749. The third-order valence-electron chi connectivity index (χ3n) is 1.23. The Bertz CT molecular complexity index is 237. The van der Waals surface area contributed by atoms with Crippen LogP contribution in [0.15, 0.2) is 30.3 Å². The van der Waals surface area contributed by atoms with Crippen LogP contribution in [0.2, 0.25) is 0 Å². The average Bonchev–Trinajstić information content (AvgIpc) is 2.07. The maximum atomic E-state index is 8.11. The van der Waals surface area contributed by atoms with Crippen molar-refractivity contribution in [1.29, 1.82) is 5.26 Å². The first-order valence-electron chi connectivity index (χ1n) is 3.30. The number of nitriles is 1. The van der Waals surface area contributed by atoms with Crippen molar-refractivity contribution >= 4 is 0 Å². The van der Waals surface area contributed by atoms with Gasteiger partial charge in [-0.25, -0.2) is 0 Å². The van der Waals surface area contributed by atoms with Crippen LogP contribution in [0.1, 0.15) is 5.56 Å². The van der Waals surface area contributed by atoms with Crippen LogP contribution in [0.5, 0.6) is 0 Å². The Morgan fingerprint density at radius 1 is 1.36 bits per heavy atom. The highest BCUT2D eigenvalue weighted by molar-refractivity contribution is 5.13. The maximum absolute atomic E-state index is 8.11. The Balaban J connectivity index is 2.35. The minimum Gasteiger partial charge on any atom is -0.355 e. The van der Waals surface area contributed by atoms with Gasteiger partial charge in [0.15, 0.2) is 6.61 Å². The van der Waals surface area contributed by atoms with Crippen LogP contribution in [-0.4, -0.2) is 0 Å². The fourth-order valence-corrected chi connectivity index (χ4v) is 0.749. The summed E-state index contributed by atoms with van der Waals surface area (Å²) in [5.74, 6) is 0. The van der Waals surface area contributed by atoms with Crippen LogP contribution >= 0.6 is 0 Å². The number of ether oxygens (including phenoxy) is 1. The van der Waals surface area contributed by atoms with E-state index < -0.39 is 0 Å². The van der Waals surface area contributed by atoms with Gasteiger partial charge in [0.1, 0.15) is 0 Å². The summed E-state index contributed by atoms with van der Waals surface area (Å²) >= 11 is 0. The summed E-state index contributed by atoms with van der Waals surface area (Å²) in [5, 5.41) is 8.11. The molecule has 0 amide bonds. The molecule has 55 valence electrons. The minimum absolute atomic E-state index is 0.467. The maximum Gasteiger partial charge on any atom is 0.183 e. The molecule has 0 N–H and O–H groups in total. The van der Waals surface area contributed by atoms with Crippen LogP contribution in [0.4, 0.5) is 0 Å². The van der Waals surface area contributed by atoms with E-state index in [4.69, 9.17) is 10.00 Å². The van der Waals surface area contributed by atoms with Crippen molar-refractivity contribution in [2.75, 3.05) is 0 Å². The molecule has 2 heteroatoms. The molecule has 1 radical (unpaired) electrons. The van der Waals surface area contributed by atoms with E-state index in [1.54, 1.807) is 6.07 Å². The van der Waals surface area contributed by atoms with Crippen LogP contribution in [0.3, 0.4) is 0 Å². The zero-order valence-corrected chi connectivity index (χ0v) is 6.03. The molecular formula is C9H8NO. The summed E-state index contributed by atoms with van der Waals surface area (Å²) in [6.07, 6.45) is 0. The van der Waals surface area contributed by atoms with Gasteiger partial charge in [0.2, 0.25) is 0 Å². The monoisotopic (exact) mass is 146 g/mol. The second-order valence-electron chi connectivity index (χ2n) is 2.04. The van der Waals surface area contributed by atoms with Gasteiger partial charge in [0.25, 0.3) is 0 Å². The Labute approximate surface area is 66.0 Å². The van der Waals surface area contributed by atoms with E-state index in [1.165, 1.54) is 0 Å². The Kier molecular flexibility index (Phi) is 3.17. The van der Waals surface area contributed by atoms with Gasteiger partial charge < -0.3 is 4.74 Å². The highest BCUT2D eigenvalue weighted by Gasteiger charge is 1.89. The summed E-state index contributed by atoms with van der Waals surface area (Å²) in [6.45, 7) is 1.60. The van der Waals surface area contributed by atoms with E-state index >= 15 is 0 Å². The van der Waals surface area contributed by atoms with Crippen LogP contribution in [0.25, 0.3) is 0 Å². The predicted molar refractivity (Wildman–Crippen MR) is 41.1 cm³/mol. The highest BCUT2D eigenvalue weighted by Crippen LogP contribution is 2.00. The molecule has 0 fully saturated rings. The second kappa shape index (κ2) is 4.48. The van der Waals surface area contributed by atoms with Gasteiger partial charge in [-0.05, 0) is 5.56 Å².